The summed E-state index contributed by atoms with van der Waals surface area (Å²) in [6.45, 7) is 3.54. The normalized spacial score (nSPS) is 14.2. The third-order valence-corrected chi connectivity index (χ3v) is 3.36. The summed E-state index contributed by atoms with van der Waals surface area (Å²) in [7, 11) is 0. The highest BCUT2D eigenvalue weighted by atomic mass is 16.4. The van der Waals surface area contributed by atoms with Crippen LogP contribution in [0.4, 0.5) is 0 Å². The van der Waals surface area contributed by atoms with Crippen molar-refractivity contribution in [3.05, 3.63) is 0 Å². The molecule has 0 bridgehead atoms. The van der Waals surface area contributed by atoms with Crippen molar-refractivity contribution in [2.75, 3.05) is 0 Å². The zero-order valence-electron chi connectivity index (χ0n) is 14.7. The fraction of sp³-hybridized carbons (Fsp3) is 0.667. The number of nitrogens with two attached hydrogens (primary N) is 2. The first-order valence-corrected chi connectivity index (χ1v) is 8.03. The number of hydrogen-bond acceptors (Lipinski definition) is 6. The van der Waals surface area contributed by atoms with Gasteiger partial charge in [-0.25, -0.2) is 4.79 Å². The molecule has 0 aromatic carbocycles. The quantitative estimate of drug-likeness (QED) is 0.228. The fourth-order valence-electron chi connectivity index (χ4n) is 2.09. The Kier molecular flexibility index (Phi) is 9.89. The minimum absolute atomic E-state index is 0.0209. The molecule has 26 heavy (non-hydrogen) atoms. The molecule has 148 valence electrons. The molecule has 3 atom stereocenters. The Bertz CT molecular complexity index is 550. The number of aliphatic carboxylic acids is 2. The maximum atomic E-state index is 12.3. The van der Waals surface area contributed by atoms with Gasteiger partial charge < -0.3 is 32.3 Å². The van der Waals surface area contributed by atoms with Crippen LogP contribution in [0.2, 0.25) is 0 Å². The number of carboxylic acids is 2. The van der Waals surface area contributed by atoms with Gasteiger partial charge in [-0.15, -0.1) is 0 Å². The Morgan fingerprint density at radius 3 is 1.92 bits per heavy atom. The van der Waals surface area contributed by atoms with E-state index in [1.54, 1.807) is 13.8 Å². The second kappa shape index (κ2) is 11.0. The van der Waals surface area contributed by atoms with Gasteiger partial charge in [0, 0.05) is 6.42 Å². The van der Waals surface area contributed by atoms with Gasteiger partial charge in [0.2, 0.25) is 17.7 Å². The summed E-state index contributed by atoms with van der Waals surface area (Å²) in [6, 6.07) is -3.81. The number of amides is 3. The van der Waals surface area contributed by atoms with Crippen molar-refractivity contribution in [1.29, 1.82) is 0 Å². The molecule has 0 rings (SSSR count). The summed E-state index contributed by atoms with van der Waals surface area (Å²) < 4.78 is 0. The molecule has 11 nitrogen and oxygen atoms in total. The van der Waals surface area contributed by atoms with E-state index in [9.17, 15) is 29.1 Å². The van der Waals surface area contributed by atoms with Gasteiger partial charge in [0.15, 0.2) is 0 Å². The lowest BCUT2D eigenvalue weighted by Gasteiger charge is -2.23. The van der Waals surface area contributed by atoms with E-state index in [1.165, 1.54) is 0 Å². The number of hydrogen-bond donors (Lipinski definition) is 6. The number of rotatable bonds is 12. The maximum Gasteiger partial charge on any atom is 0.326 e. The topological polar surface area (TPSA) is 202 Å². The van der Waals surface area contributed by atoms with Crippen LogP contribution in [0, 0.1) is 5.92 Å². The molecular formula is C15H26N4O7. The van der Waals surface area contributed by atoms with E-state index in [4.69, 9.17) is 16.6 Å². The molecule has 0 aliphatic rings. The Morgan fingerprint density at radius 2 is 1.50 bits per heavy atom. The summed E-state index contributed by atoms with van der Waals surface area (Å²) in [5.74, 6) is -5.00. The average molecular weight is 374 g/mol. The van der Waals surface area contributed by atoms with Gasteiger partial charge >= 0.3 is 11.9 Å². The first-order chi connectivity index (χ1) is 11.9. The van der Waals surface area contributed by atoms with Crippen LogP contribution >= 0.6 is 0 Å². The van der Waals surface area contributed by atoms with E-state index in [-0.39, 0.29) is 18.8 Å². The summed E-state index contributed by atoms with van der Waals surface area (Å²) in [5.41, 5.74) is 10.4. The number of carbonyl (C=O) groups excluding carboxylic acids is 3. The molecular weight excluding hydrogens is 348 g/mol. The van der Waals surface area contributed by atoms with Gasteiger partial charge in [-0.3, -0.25) is 19.2 Å². The third-order valence-electron chi connectivity index (χ3n) is 3.36. The molecule has 0 saturated carbocycles. The van der Waals surface area contributed by atoms with Crippen LogP contribution in [-0.2, 0) is 24.0 Å². The van der Waals surface area contributed by atoms with E-state index in [0.717, 1.165) is 0 Å². The highest BCUT2D eigenvalue weighted by Crippen LogP contribution is 2.07. The molecule has 0 aliphatic carbocycles. The molecule has 0 unspecified atom stereocenters. The van der Waals surface area contributed by atoms with Crippen LogP contribution in [0.1, 0.15) is 39.5 Å². The van der Waals surface area contributed by atoms with Crippen molar-refractivity contribution >= 4 is 29.7 Å². The van der Waals surface area contributed by atoms with Crippen LogP contribution in [-0.4, -0.2) is 58.0 Å². The molecule has 3 amide bonds. The van der Waals surface area contributed by atoms with Gasteiger partial charge in [0.05, 0.1) is 12.5 Å². The number of primary amides is 1. The maximum absolute atomic E-state index is 12.3. The van der Waals surface area contributed by atoms with E-state index in [1.807, 2.05) is 0 Å². The third kappa shape index (κ3) is 9.57. The molecule has 0 radical (unpaired) electrons. The highest BCUT2D eigenvalue weighted by Gasteiger charge is 2.29. The number of carboxylic acid groups (broad SMARTS) is 2. The van der Waals surface area contributed by atoms with Gasteiger partial charge in [0.25, 0.3) is 0 Å². The van der Waals surface area contributed by atoms with E-state index < -0.39 is 60.6 Å². The standard InChI is InChI=1S/C15H26N4O7/c1-7(2)5-10(15(25)26)19-14(24)9(3-4-12(21)22)18-13(23)8(16)6-11(17)20/h7-10H,3-6,16H2,1-2H3,(H2,17,20)(H,18,23)(H,19,24)(H,21,22)(H,25,26)/t8-,9-,10-/m0/s1. The summed E-state index contributed by atoms with van der Waals surface area (Å²) in [6.07, 6.45) is -1.01. The Labute approximate surface area is 150 Å². The molecule has 0 fully saturated rings. The summed E-state index contributed by atoms with van der Waals surface area (Å²) >= 11 is 0. The lowest BCUT2D eigenvalue weighted by atomic mass is 10.0. The molecule has 0 heterocycles. The zero-order valence-corrected chi connectivity index (χ0v) is 14.7. The van der Waals surface area contributed by atoms with Crippen LogP contribution in [0.3, 0.4) is 0 Å². The smallest absolute Gasteiger partial charge is 0.326 e. The molecule has 8 N–H and O–H groups in total. The van der Waals surface area contributed by atoms with Gasteiger partial charge in [-0.2, -0.15) is 0 Å². The van der Waals surface area contributed by atoms with Crippen LogP contribution in [0.15, 0.2) is 0 Å². The molecule has 0 aromatic heterocycles. The average Bonchev–Trinajstić information content (AvgIpc) is 2.48. The fourth-order valence-corrected chi connectivity index (χ4v) is 2.09. The Hall–Kier alpha value is -2.69. The number of nitrogens with one attached hydrogen (secondary N) is 2. The van der Waals surface area contributed by atoms with Gasteiger partial charge in [-0.05, 0) is 18.8 Å². The highest BCUT2D eigenvalue weighted by molar-refractivity contribution is 5.93. The summed E-state index contributed by atoms with van der Waals surface area (Å²) in [5, 5.41) is 22.5. The minimum atomic E-state index is -1.31. The van der Waals surface area contributed by atoms with E-state index in [2.05, 4.69) is 10.6 Å². The molecule has 0 aliphatic heterocycles. The Balaban J connectivity index is 5.11. The largest absolute Gasteiger partial charge is 0.481 e. The second-order valence-electron chi connectivity index (χ2n) is 6.30. The molecule has 11 heteroatoms. The minimum Gasteiger partial charge on any atom is -0.481 e. The van der Waals surface area contributed by atoms with Crippen molar-refractivity contribution < 1.29 is 34.2 Å². The van der Waals surface area contributed by atoms with Gasteiger partial charge in [-0.1, -0.05) is 13.8 Å². The van der Waals surface area contributed by atoms with Crippen molar-refractivity contribution in [1.82, 2.24) is 10.6 Å². The SMILES string of the molecule is CC(C)C[C@H](NC(=O)[C@H](CCC(=O)O)NC(=O)[C@@H](N)CC(N)=O)C(=O)O. The second-order valence-corrected chi connectivity index (χ2v) is 6.30. The first-order valence-electron chi connectivity index (χ1n) is 8.03. The van der Waals surface area contributed by atoms with Crippen LogP contribution < -0.4 is 22.1 Å². The molecule has 0 aromatic rings. The summed E-state index contributed by atoms with van der Waals surface area (Å²) in [4.78, 5) is 57.1. The van der Waals surface area contributed by atoms with Crippen LogP contribution in [0.5, 0.6) is 0 Å². The first kappa shape index (κ1) is 23.3. The predicted octanol–water partition coefficient (Wildman–Crippen LogP) is -1.85. The predicted molar refractivity (Wildman–Crippen MR) is 89.6 cm³/mol. The van der Waals surface area contributed by atoms with Gasteiger partial charge in [0.1, 0.15) is 12.1 Å². The zero-order chi connectivity index (χ0) is 20.4. The molecule has 0 spiro atoms. The van der Waals surface area contributed by atoms with Crippen molar-refractivity contribution in [2.45, 2.75) is 57.7 Å². The van der Waals surface area contributed by atoms with Crippen molar-refractivity contribution in [3.63, 3.8) is 0 Å². The monoisotopic (exact) mass is 374 g/mol. The van der Waals surface area contributed by atoms with E-state index >= 15 is 0 Å². The van der Waals surface area contributed by atoms with E-state index in [0.29, 0.717) is 0 Å². The van der Waals surface area contributed by atoms with Crippen molar-refractivity contribution in [3.8, 4) is 0 Å². The van der Waals surface area contributed by atoms with Crippen LogP contribution in [0.25, 0.3) is 0 Å². The lowest BCUT2D eigenvalue weighted by Crippen LogP contribution is -2.55. The van der Waals surface area contributed by atoms with Crippen molar-refractivity contribution in [2.24, 2.45) is 17.4 Å². The lowest BCUT2D eigenvalue weighted by molar-refractivity contribution is -0.143. The Morgan fingerprint density at radius 1 is 0.962 bits per heavy atom. The molecule has 0 saturated heterocycles. The number of carbonyl (C=O) groups is 5.